The predicted octanol–water partition coefficient (Wildman–Crippen LogP) is 3.51. The minimum Gasteiger partial charge on any atom is -0.389 e. The lowest BCUT2D eigenvalue weighted by molar-refractivity contribution is 0.0944. The van der Waals surface area contributed by atoms with Crippen LogP contribution in [0.3, 0.4) is 0 Å². The van der Waals surface area contributed by atoms with Gasteiger partial charge in [-0.3, -0.25) is 0 Å². The maximum absolute atomic E-state index is 9.83. The predicted molar refractivity (Wildman–Crippen MR) is 91.4 cm³/mol. The van der Waals surface area contributed by atoms with Crippen LogP contribution in [0, 0.1) is 0 Å². The average molecular weight is 330 g/mol. The Hall–Kier alpha value is -1.07. The van der Waals surface area contributed by atoms with Crippen molar-refractivity contribution in [2.45, 2.75) is 32.4 Å². The summed E-state index contributed by atoms with van der Waals surface area (Å²) < 4.78 is 0. The number of aromatic nitrogens is 1. The van der Waals surface area contributed by atoms with E-state index in [2.05, 4.69) is 10.3 Å². The summed E-state index contributed by atoms with van der Waals surface area (Å²) in [7, 11) is 0. The van der Waals surface area contributed by atoms with Crippen molar-refractivity contribution in [2.75, 3.05) is 11.9 Å². The first-order valence-electron chi connectivity index (χ1n) is 6.59. The fourth-order valence-electron chi connectivity index (χ4n) is 1.97. The van der Waals surface area contributed by atoms with Crippen LogP contribution in [0.2, 0.25) is 5.02 Å². The molecule has 0 saturated heterocycles. The van der Waals surface area contributed by atoms with Crippen LogP contribution in [0.1, 0.15) is 32.4 Å². The molecule has 0 bridgehead atoms. The number of aliphatic hydroxyl groups is 1. The number of nitrogens with two attached hydrogens (primary N) is 1. The number of fused-ring (bicyclic) bond motifs is 1. The number of hydrogen-bond acceptors (Lipinski definition) is 4. The van der Waals surface area contributed by atoms with Crippen molar-refractivity contribution in [3.63, 3.8) is 0 Å². The minimum absolute atomic E-state index is 0. The third kappa shape index (κ3) is 4.45. The molecule has 0 amide bonds. The molecular formula is C15H21Cl2N3O. The number of benzene rings is 1. The summed E-state index contributed by atoms with van der Waals surface area (Å²) >= 11 is 6.18. The van der Waals surface area contributed by atoms with Crippen LogP contribution in [0.15, 0.2) is 24.3 Å². The van der Waals surface area contributed by atoms with Crippen molar-refractivity contribution in [2.24, 2.45) is 5.73 Å². The van der Waals surface area contributed by atoms with Crippen molar-refractivity contribution >= 4 is 40.7 Å². The minimum atomic E-state index is -0.827. The molecule has 0 fully saturated rings. The number of pyridine rings is 1. The molecule has 1 aromatic carbocycles. The number of anilines is 1. The first-order valence-corrected chi connectivity index (χ1v) is 6.97. The number of hydrogen-bond donors (Lipinski definition) is 3. The Labute approximate surface area is 136 Å². The lowest BCUT2D eigenvalue weighted by Gasteiger charge is -2.21. The van der Waals surface area contributed by atoms with Gasteiger partial charge in [-0.25, -0.2) is 4.98 Å². The van der Waals surface area contributed by atoms with Crippen LogP contribution in [0.4, 0.5) is 5.82 Å². The Kier molecular flexibility index (Phi) is 5.82. The molecule has 2 rings (SSSR count). The van der Waals surface area contributed by atoms with E-state index >= 15 is 0 Å². The highest BCUT2D eigenvalue weighted by molar-refractivity contribution is 6.35. The van der Waals surface area contributed by atoms with Gasteiger partial charge in [0.1, 0.15) is 5.82 Å². The van der Waals surface area contributed by atoms with E-state index in [1.807, 2.05) is 31.2 Å². The maximum Gasteiger partial charge on any atom is 0.131 e. The molecule has 1 heterocycles. The zero-order valence-corrected chi connectivity index (χ0v) is 13.9. The Balaban J connectivity index is 0.00000220. The molecule has 0 radical (unpaired) electrons. The average Bonchev–Trinajstić information content (AvgIpc) is 2.35. The summed E-state index contributed by atoms with van der Waals surface area (Å²) in [5, 5.41) is 14.5. The topological polar surface area (TPSA) is 71.2 Å². The van der Waals surface area contributed by atoms with Gasteiger partial charge in [0.15, 0.2) is 0 Å². The number of halogens is 2. The summed E-state index contributed by atoms with van der Waals surface area (Å²) in [4.78, 5) is 4.56. The number of rotatable bonds is 4. The largest absolute Gasteiger partial charge is 0.389 e. The summed E-state index contributed by atoms with van der Waals surface area (Å²) in [6, 6.07) is 7.49. The fraction of sp³-hybridized carbons (Fsp3) is 0.400. The van der Waals surface area contributed by atoms with Crippen molar-refractivity contribution in [1.29, 1.82) is 0 Å². The van der Waals surface area contributed by atoms with E-state index in [0.29, 0.717) is 17.4 Å². The molecular weight excluding hydrogens is 309 g/mol. The normalized spacial score (nSPS) is 12.9. The van der Waals surface area contributed by atoms with E-state index in [0.717, 1.165) is 16.5 Å². The van der Waals surface area contributed by atoms with Gasteiger partial charge in [0.25, 0.3) is 0 Å². The molecule has 21 heavy (non-hydrogen) atoms. The molecule has 2 aromatic rings. The van der Waals surface area contributed by atoms with Crippen LogP contribution >= 0.6 is 24.0 Å². The van der Waals surface area contributed by atoms with Crippen molar-refractivity contribution < 1.29 is 5.11 Å². The van der Waals surface area contributed by atoms with Crippen LogP contribution in [-0.2, 0) is 0 Å². The van der Waals surface area contributed by atoms with Gasteiger partial charge in [-0.2, -0.15) is 0 Å². The lowest BCUT2D eigenvalue weighted by Crippen LogP contribution is -2.30. The fourth-order valence-corrected chi connectivity index (χ4v) is 2.19. The molecule has 4 N–H and O–H groups in total. The first-order chi connectivity index (χ1) is 9.28. The van der Waals surface area contributed by atoms with E-state index in [-0.39, 0.29) is 18.4 Å². The Morgan fingerprint density at radius 2 is 2.10 bits per heavy atom. The molecule has 0 aliphatic heterocycles. The Morgan fingerprint density at radius 1 is 1.43 bits per heavy atom. The van der Waals surface area contributed by atoms with Crippen LogP contribution in [-0.4, -0.2) is 22.2 Å². The lowest BCUT2D eigenvalue weighted by atomic mass is 10.1. The van der Waals surface area contributed by atoms with E-state index in [9.17, 15) is 5.11 Å². The Morgan fingerprint density at radius 3 is 2.67 bits per heavy atom. The van der Waals surface area contributed by atoms with E-state index in [1.165, 1.54) is 0 Å². The maximum atomic E-state index is 9.83. The van der Waals surface area contributed by atoms with Crippen molar-refractivity contribution in [3.8, 4) is 0 Å². The van der Waals surface area contributed by atoms with Crippen molar-refractivity contribution in [1.82, 2.24) is 4.98 Å². The van der Waals surface area contributed by atoms with Gasteiger partial charge in [0, 0.05) is 23.5 Å². The first kappa shape index (κ1) is 18.0. The summed E-state index contributed by atoms with van der Waals surface area (Å²) in [5.41, 5.74) is 6.82. The van der Waals surface area contributed by atoms with Gasteiger partial charge in [-0.1, -0.05) is 23.7 Å². The summed E-state index contributed by atoms with van der Waals surface area (Å²) in [6.45, 7) is 5.76. The molecule has 1 atom stereocenters. The summed E-state index contributed by atoms with van der Waals surface area (Å²) in [5.74, 6) is 0.669. The van der Waals surface area contributed by atoms with Gasteiger partial charge < -0.3 is 16.2 Å². The molecule has 116 valence electrons. The second kappa shape index (κ2) is 6.79. The molecule has 0 saturated carbocycles. The molecule has 0 aliphatic carbocycles. The smallest absolute Gasteiger partial charge is 0.131 e. The molecule has 4 nitrogen and oxygen atoms in total. The van der Waals surface area contributed by atoms with Gasteiger partial charge in [0.05, 0.1) is 16.1 Å². The summed E-state index contributed by atoms with van der Waals surface area (Å²) in [6.07, 6.45) is 0. The van der Waals surface area contributed by atoms with Gasteiger partial charge in [0.2, 0.25) is 0 Å². The molecule has 0 aliphatic rings. The zero-order chi connectivity index (χ0) is 14.9. The number of nitrogens with zero attached hydrogens (tertiary/aromatic N) is 1. The molecule has 1 aromatic heterocycles. The van der Waals surface area contributed by atoms with Crippen LogP contribution in [0.5, 0.6) is 0 Å². The van der Waals surface area contributed by atoms with Gasteiger partial charge in [-0.05, 0) is 32.9 Å². The number of nitrogens with one attached hydrogen (secondary N) is 1. The zero-order valence-electron chi connectivity index (χ0n) is 12.4. The number of para-hydroxylation sites is 1. The highest BCUT2D eigenvalue weighted by Crippen LogP contribution is 2.28. The standard InChI is InChI=1S/C15H20ClN3O.ClH/c1-9(17)11-7-10-5-4-6-12(16)13(10)19-14(11)18-8-15(2,3)20;/h4-7,9,20H,8,17H2,1-3H3,(H,18,19);1H. The van der Waals surface area contributed by atoms with Crippen LogP contribution in [0.25, 0.3) is 10.9 Å². The van der Waals surface area contributed by atoms with Crippen LogP contribution < -0.4 is 11.1 Å². The Bertz CT molecular complexity index is 624. The SMILES string of the molecule is CC(N)c1cc2cccc(Cl)c2nc1NCC(C)(C)O.Cl. The molecule has 1 unspecified atom stereocenters. The van der Waals surface area contributed by atoms with E-state index in [1.54, 1.807) is 13.8 Å². The monoisotopic (exact) mass is 329 g/mol. The second-order valence-corrected chi connectivity index (χ2v) is 6.10. The van der Waals surface area contributed by atoms with Crippen molar-refractivity contribution in [3.05, 3.63) is 34.9 Å². The van der Waals surface area contributed by atoms with Gasteiger partial charge >= 0.3 is 0 Å². The molecule has 0 spiro atoms. The second-order valence-electron chi connectivity index (χ2n) is 5.69. The highest BCUT2D eigenvalue weighted by atomic mass is 35.5. The van der Waals surface area contributed by atoms with E-state index in [4.69, 9.17) is 17.3 Å². The molecule has 6 heteroatoms. The quantitative estimate of drug-likeness (QED) is 0.802. The van der Waals surface area contributed by atoms with E-state index < -0.39 is 5.60 Å². The van der Waals surface area contributed by atoms with Gasteiger partial charge in [-0.15, -0.1) is 12.4 Å². The third-order valence-corrected chi connectivity index (χ3v) is 3.31. The highest BCUT2D eigenvalue weighted by Gasteiger charge is 2.16. The third-order valence-electron chi connectivity index (χ3n) is 3.01.